The molecule has 1 saturated heterocycles. The lowest BCUT2D eigenvalue weighted by molar-refractivity contribution is 0.601. The van der Waals surface area contributed by atoms with Crippen LogP contribution in [0.1, 0.15) is 29.1 Å². The van der Waals surface area contributed by atoms with E-state index < -0.39 is 0 Å². The summed E-state index contributed by atoms with van der Waals surface area (Å²) in [5.74, 6) is 0. The van der Waals surface area contributed by atoms with E-state index in [1.54, 1.807) is 0 Å². The fourth-order valence-electron chi connectivity index (χ4n) is 2.14. The normalized spacial score (nSPS) is 20.4. The summed E-state index contributed by atoms with van der Waals surface area (Å²) in [5.41, 5.74) is 0. The molecule has 1 aliphatic rings. The van der Waals surface area contributed by atoms with E-state index in [9.17, 15) is 0 Å². The third-order valence-corrected chi connectivity index (χ3v) is 4.11. The van der Waals surface area contributed by atoms with E-state index in [1.807, 2.05) is 18.4 Å². The standard InChI is InChI=1S/C12H21N3S/c1-13-6-3-5-11-9-15-12(16-11)8-10-4-2-7-14-10/h9-10,13-14H,2-8H2,1H3. The predicted molar refractivity (Wildman–Crippen MR) is 69.1 cm³/mol. The van der Waals surface area contributed by atoms with Gasteiger partial charge in [0.05, 0.1) is 5.01 Å². The average molecular weight is 239 g/mol. The zero-order chi connectivity index (χ0) is 11.2. The van der Waals surface area contributed by atoms with E-state index >= 15 is 0 Å². The van der Waals surface area contributed by atoms with Gasteiger partial charge in [-0.05, 0) is 45.8 Å². The van der Waals surface area contributed by atoms with Gasteiger partial charge in [-0.3, -0.25) is 0 Å². The van der Waals surface area contributed by atoms with Crippen LogP contribution in [0.25, 0.3) is 0 Å². The summed E-state index contributed by atoms with van der Waals surface area (Å²) in [7, 11) is 2.00. The summed E-state index contributed by atoms with van der Waals surface area (Å²) in [6.07, 6.45) is 8.19. The van der Waals surface area contributed by atoms with E-state index in [0.717, 1.165) is 19.4 Å². The van der Waals surface area contributed by atoms with Gasteiger partial charge in [-0.15, -0.1) is 11.3 Å². The molecule has 1 aliphatic heterocycles. The molecule has 3 nitrogen and oxygen atoms in total. The van der Waals surface area contributed by atoms with Crippen LogP contribution in [-0.4, -0.2) is 31.2 Å². The maximum atomic E-state index is 4.52. The van der Waals surface area contributed by atoms with Crippen molar-refractivity contribution >= 4 is 11.3 Å². The van der Waals surface area contributed by atoms with E-state index in [0.29, 0.717) is 6.04 Å². The van der Waals surface area contributed by atoms with Crippen molar-refractivity contribution in [1.82, 2.24) is 15.6 Å². The number of aromatic nitrogens is 1. The molecule has 1 atom stereocenters. The molecule has 4 heteroatoms. The van der Waals surface area contributed by atoms with Crippen molar-refractivity contribution in [3.63, 3.8) is 0 Å². The molecule has 90 valence electrons. The van der Waals surface area contributed by atoms with Crippen molar-refractivity contribution in [2.45, 2.75) is 38.1 Å². The van der Waals surface area contributed by atoms with Crippen molar-refractivity contribution in [3.8, 4) is 0 Å². The van der Waals surface area contributed by atoms with Crippen molar-refractivity contribution in [2.75, 3.05) is 20.1 Å². The molecule has 0 saturated carbocycles. The van der Waals surface area contributed by atoms with Crippen LogP contribution >= 0.6 is 11.3 Å². The highest BCUT2D eigenvalue weighted by Crippen LogP contribution is 2.18. The van der Waals surface area contributed by atoms with Crippen LogP contribution in [0, 0.1) is 0 Å². The van der Waals surface area contributed by atoms with Gasteiger partial charge in [-0.25, -0.2) is 4.98 Å². The van der Waals surface area contributed by atoms with Gasteiger partial charge in [0.2, 0.25) is 0 Å². The molecule has 2 heterocycles. The Morgan fingerprint density at radius 1 is 1.62 bits per heavy atom. The molecule has 1 fully saturated rings. The summed E-state index contributed by atoms with van der Waals surface area (Å²) < 4.78 is 0. The molecule has 0 spiro atoms. The number of aryl methyl sites for hydroxylation is 1. The van der Waals surface area contributed by atoms with E-state index in [4.69, 9.17) is 0 Å². The monoisotopic (exact) mass is 239 g/mol. The number of hydrogen-bond donors (Lipinski definition) is 2. The minimum Gasteiger partial charge on any atom is -0.320 e. The van der Waals surface area contributed by atoms with Gasteiger partial charge in [0.15, 0.2) is 0 Å². The van der Waals surface area contributed by atoms with Crippen molar-refractivity contribution < 1.29 is 0 Å². The second kappa shape index (κ2) is 6.33. The van der Waals surface area contributed by atoms with Crippen LogP contribution in [0.2, 0.25) is 0 Å². The minimum absolute atomic E-state index is 0.677. The molecule has 1 unspecified atom stereocenters. The molecule has 16 heavy (non-hydrogen) atoms. The second-order valence-corrected chi connectivity index (χ2v) is 5.62. The molecular weight excluding hydrogens is 218 g/mol. The Hall–Kier alpha value is -0.450. The Morgan fingerprint density at radius 2 is 2.56 bits per heavy atom. The average Bonchev–Trinajstić information content (AvgIpc) is 2.91. The van der Waals surface area contributed by atoms with Crippen molar-refractivity contribution in [3.05, 3.63) is 16.1 Å². The first-order chi connectivity index (χ1) is 7.88. The van der Waals surface area contributed by atoms with Crippen LogP contribution in [0.4, 0.5) is 0 Å². The molecule has 1 aromatic heterocycles. The highest BCUT2D eigenvalue weighted by Gasteiger charge is 2.15. The van der Waals surface area contributed by atoms with Gasteiger partial charge in [-0.2, -0.15) is 0 Å². The lowest BCUT2D eigenvalue weighted by atomic mass is 10.2. The summed E-state index contributed by atoms with van der Waals surface area (Å²) in [4.78, 5) is 5.95. The number of nitrogens with zero attached hydrogens (tertiary/aromatic N) is 1. The van der Waals surface area contributed by atoms with Gasteiger partial charge < -0.3 is 10.6 Å². The van der Waals surface area contributed by atoms with Crippen LogP contribution in [0.15, 0.2) is 6.20 Å². The molecule has 0 amide bonds. The Balaban J connectivity index is 1.77. The highest BCUT2D eigenvalue weighted by atomic mass is 32.1. The first kappa shape index (κ1) is 12.0. The van der Waals surface area contributed by atoms with Crippen molar-refractivity contribution in [1.29, 1.82) is 0 Å². The molecule has 2 rings (SSSR count). The van der Waals surface area contributed by atoms with Crippen LogP contribution < -0.4 is 10.6 Å². The van der Waals surface area contributed by atoms with E-state index in [-0.39, 0.29) is 0 Å². The Labute approximate surface area is 102 Å². The lowest BCUT2D eigenvalue weighted by Crippen LogP contribution is -2.23. The smallest absolute Gasteiger partial charge is 0.0943 e. The fourth-order valence-corrected chi connectivity index (χ4v) is 3.18. The number of rotatable bonds is 6. The summed E-state index contributed by atoms with van der Waals surface area (Å²) in [6.45, 7) is 2.28. The number of hydrogen-bond acceptors (Lipinski definition) is 4. The van der Waals surface area contributed by atoms with Crippen LogP contribution in [-0.2, 0) is 12.8 Å². The molecule has 0 radical (unpaired) electrons. The number of nitrogens with one attached hydrogen (secondary N) is 2. The maximum Gasteiger partial charge on any atom is 0.0943 e. The van der Waals surface area contributed by atoms with Gasteiger partial charge in [-0.1, -0.05) is 0 Å². The lowest BCUT2D eigenvalue weighted by Gasteiger charge is -2.06. The first-order valence-electron chi connectivity index (χ1n) is 6.20. The third kappa shape index (κ3) is 3.54. The van der Waals surface area contributed by atoms with E-state index in [2.05, 4.69) is 21.8 Å². The molecule has 1 aromatic rings. The van der Waals surface area contributed by atoms with Gasteiger partial charge in [0.1, 0.15) is 0 Å². The van der Waals surface area contributed by atoms with E-state index in [1.165, 1.54) is 35.7 Å². The molecule has 2 N–H and O–H groups in total. The SMILES string of the molecule is CNCCCc1cnc(CC2CCCN2)s1. The molecule has 0 aliphatic carbocycles. The Kier molecular flexibility index (Phi) is 4.75. The summed E-state index contributed by atoms with van der Waals surface area (Å²) >= 11 is 1.89. The molecule has 0 bridgehead atoms. The largest absolute Gasteiger partial charge is 0.320 e. The second-order valence-electron chi connectivity index (χ2n) is 4.42. The maximum absolute atomic E-state index is 4.52. The Bertz CT molecular complexity index is 305. The van der Waals surface area contributed by atoms with Gasteiger partial charge in [0.25, 0.3) is 0 Å². The topological polar surface area (TPSA) is 37.0 Å². The van der Waals surface area contributed by atoms with Crippen LogP contribution in [0.3, 0.4) is 0 Å². The minimum atomic E-state index is 0.677. The molecule has 0 aromatic carbocycles. The van der Waals surface area contributed by atoms with Gasteiger partial charge in [0, 0.05) is 23.5 Å². The first-order valence-corrected chi connectivity index (χ1v) is 7.01. The zero-order valence-electron chi connectivity index (χ0n) is 9.96. The third-order valence-electron chi connectivity index (χ3n) is 3.03. The van der Waals surface area contributed by atoms with Gasteiger partial charge >= 0.3 is 0 Å². The summed E-state index contributed by atoms with van der Waals surface area (Å²) in [5, 5.41) is 8.01. The fraction of sp³-hybridized carbons (Fsp3) is 0.750. The molecular formula is C12H21N3S. The predicted octanol–water partition coefficient (Wildman–Crippen LogP) is 1.59. The Morgan fingerprint density at radius 3 is 3.31 bits per heavy atom. The van der Waals surface area contributed by atoms with Crippen molar-refractivity contribution in [2.24, 2.45) is 0 Å². The quantitative estimate of drug-likeness (QED) is 0.740. The van der Waals surface area contributed by atoms with Crippen LogP contribution in [0.5, 0.6) is 0 Å². The number of thiazole rings is 1. The summed E-state index contributed by atoms with van der Waals surface area (Å²) in [6, 6.07) is 0.677. The highest BCUT2D eigenvalue weighted by molar-refractivity contribution is 7.11. The zero-order valence-corrected chi connectivity index (χ0v) is 10.8.